The maximum atomic E-state index is 11.4. The van der Waals surface area contributed by atoms with Gasteiger partial charge in [-0.3, -0.25) is 4.99 Å². The van der Waals surface area contributed by atoms with Crippen LogP contribution in [0.2, 0.25) is 0 Å². The van der Waals surface area contributed by atoms with Gasteiger partial charge >= 0.3 is 0 Å². The van der Waals surface area contributed by atoms with E-state index < -0.39 is 10.0 Å². The van der Waals surface area contributed by atoms with Gasteiger partial charge in [-0.15, -0.1) is 24.0 Å². The number of nitrogens with zero attached hydrogens (tertiary/aromatic N) is 2. The molecule has 0 saturated carbocycles. The highest BCUT2D eigenvalue weighted by molar-refractivity contribution is 14.0. The van der Waals surface area contributed by atoms with Gasteiger partial charge in [-0.2, -0.15) is 0 Å². The predicted molar refractivity (Wildman–Crippen MR) is 98.0 cm³/mol. The minimum Gasteiger partial charge on any atom is -0.376 e. The fourth-order valence-corrected chi connectivity index (χ4v) is 3.60. The van der Waals surface area contributed by atoms with Gasteiger partial charge in [0, 0.05) is 32.8 Å². The molecule has 0 spiro atoms. The van der Waals surface area contributed by atoms with Gasteiger partial charge < -0.3 is 15.8 Å². The van der Waals surface area contributed by atoms with Crippen LogP contribution in [-0.4, -0.2) is 63.8 Å². The molecule has 2 heterocycles. The lowest BCUT2D eigenvalue weighted by atomic mass is 9.98. The number of piperidine rings is 1. The van der Waals surface area contributed by atoms with Gasteiger partial charge in [-0.05, 0) is 31.6 Å². The standard InChI is InChI=1S/C13H26N4O3S.HI/c1-21(18,19)17-6-4-11(5-7-17)9-15-13(14)16-10-12-3-2-8-20-12;/h11-12H,2-10H2,1H3,(H3,14,15,16);1H. The van der Waals surface area contributed by atoms with Gasteiger partial charge in [0.25, 0.3) is 0 Å². The van der Waals surface area contributed by atoms with Crippen molar-refractivity contribution >= 4 is 40.0 Å². The second-order valence-electron chi connectivity index (χ2n) is 5.85. The van der Waals surface area contributed by atoms with E-state index >= 15 is 0 Å². The van der Waals surface area contributed by atoms with E-state index in [0.717, 1.165) is 32.3 Å². The van der Waals surface area contributed by atoms with Crippen molar-refractivity contribution in [2.45, 2.75) is 31.8 Å². The highest BCUT2D eigenvalue weighted by Crippen LogP contribution is 2.19. The number of hydrogen-bond acceptors (Lipinski definition) is 4. The Kier molecular flexibility index (Phi) is 8.36. The van der Waals surface area contributed by atoms with Crippen molar-refractivity contribution in [3.8, 4) is 0 Å². The fraction of sp³-hybridized carbons (Fsp3) is 0.923. The summed E-state index contributed by atoms with van der Waals surface area (Å²) in [5.74, 6) is 0.863. The van der Waals surface area contributed by atoms with Crippen molar-refractivity contribution in [2.24, 2.45) is 16.6 Å². The van der Waals surface area contributed by atoms with Crippen LogP contribution < -0.4 is 11.1 Å². The average molecular weight is 446 g/mol. The van der Waals surface area contributed by atoms with Crippen molar-refractivity contribution in [2.75, 3.05) is 39.0 Å². The molecular formula is C13H27IN4O3S. The molecule has 0 aromatic rings. The van der Waals surface area contributed by atoms with E-state index in [1.54, 1.807) is 0 Å². The van der Waals surface area contributed by atoms with Crippen molar-refractivity contribution in [3.63, 3.8) is 0 Å². The third kappa shape index (κ3) is 6.55. The summed E-state index contributed by atoms with van der Waals surface area (Å²) >= 11 is 0. The smallest absolute Gasteiger partial charge is 0.211 e. The Bertz CT molecular complexity index is 458. The topological polar surface area (TPSA) is 97.0 Å². The molecule has 130 valence electrons. The Morgan fingerprint density at radius 3 is 2.59 bits per heavy atom. The van der Waals surface area contributed by atoms with Crippen molar-refractivity contribution in [1.82, 2.24) is 9.62 Å². The van der Waals surface area contributed by atoms with Crippen LogP contribution in [0.3, 0.4) is 0 Å². The first-order valence-electron chi connectivity index (χ1n) is 7.55. The van der Waals surface area contributed by atoms with Gasteiger partial charge in [0.15, 0.2) is 5.96 Å². The number of nitrogens with one attached hydrogen (secondary N) is 1. The van der Waals surface area contributed by atoms with Gasteiger partial charge in [-0.1, -0.05) is 0 Å². The molecule has 22 heavy (non-hydrogen) atoms. The molecule has 2 rings (SSSR count). The molecule has 2 fully saturated rings. The van der Waals surface area contributed by atoms with Crippen molar-refractivity contribution < 1.29 is 13.2 Å². The Balaban J connectivity index is 0.00000242. The number of halogens is 1. The van der Waals surface area contributed by atoms with E-state index in [-0.39, 0.29) is 30.1 Å². The number of aliphatic imine (C=N–C) groups is 1. The summed E-state index contributed by atoms with van der Waals surface area (Å²) < 4.78 is 29.9. The maximum absolute atomic E-state index is 11.4. The lowest BCUT2D eigenvalue weighted by Gasteiger charge is -2.29. The van der Waals surface area contributed by atoms with Crippen LogP contribution in [-0.2, 0) is 14.8 Å². The zero-order chi connectivity index (χ0) is 15.3. The Labute approximate surface area is 150 Å². The maximum Gasteiger partial charge on any atom is 0.211 e. The summed E-state index contributed by atoms with van der Waals surface area (Å²) in [6.45, 7) is 3.37. The third-order valence-electron chi connectivity index (χ3n) is 4.10. The molecule has 9 heteroatoms. The summed E-state index contributed by atoms with van der Waals surface area (Å²) in [5, 5.41) is 3.09. The molecule has 1 unspecified atom stereocenters. The summed E-state index contributed by atoms with van der Waals surface area (Å²) in [4.78, 5) is 4.36. The molecule has 7 nitrogen and oxygen atoms in total. The second kappa shape index (κ2) is 9.24. The summed E-state index contributed by atoms with van der Waals surface area (Å²) in [6.07, 6.45) is 5.38. The van der Waals surface area contributed by atoms with E-state index in [9.17, 15) is 8.42 Å². The van der Waals surface area contributed by atoms with E-state index in [1.807, 2.05) is 0 Å². The number of guanidine groups is 1. The second-order valence-corrected chi connectivity index (χ2v) is 7.83. The Morgan fingerprint density at radius 2 is 2.05 bits per heavy atom. The van der Waals surface area contributed by atoms with E-state index in [0.29, 0.717) is 38.1 Å². The molecule has 3 N–H and O–H groups in total. The average Bonchev–Trinajstić information content (AvgIpc) is 2.95. The predicted octanol–water partition coefficient (Wildman–Crippen LogP) is 0.359. The molecule has 0 aromatic heterocycles. The van der Waals surface area contributed by atoms with E-state index in [4.69, 9.17) is 10.5 Å². The Morgan fingerprint density at radius 1 is 1.36 bits per heavy atom. The zero-order valence-electron chi connectivity index (χ0n) is 13.0. The molecular weight excluding hydrogens is 419 g/mol. The zero-order valence-corrected chi connectivity index (χ0v) is 16.2. The molecule has 2 aliphatic rings. The van der Waals surface area contributed by atoms with Crippen LogP contribution in [0.4, 0.5) is 0 Å². The van der Waals surface area contributed by atoms with Gasteiger partial charge in [-0.25, -0.2) is 12.7 Å². The normalized spacial score (nSPS) is 25.0. The largest absolute Gasteiger partial charge is 0.376 e. The molecule has 0 amide bonds. The molecule has 2 saturated heterocycles. The number of nitrogens with two attached hydrogens (primary N) is 1. The molecule has 0 radical (unpaired) electrons. The SMILES string of the molecule is CS(=O)(=O)N1CCC(CN=C(N)NCC2CCCO2)CC1.I. The number of sulfonamides is 1. The van der Waals surface area contributed by atoms with Gasteiger partial charge in [0.1, 0.15) is 0 Å². The van der Waals surface area contributed by atoms with Gasteiger partial charge in [0.05, 0.1) is 12.4 Å². The molecule has 0 aromatic carbocycles. The van der Waals surface area contributed by atoms with Crippen LogP contribution in [0.15, 0.2) is 4.99 Å². The Hall–Kier alpha value is -0.130. The lowest BCUT2D eigenvalue weighted by molar-refractivity contribution is 0.114. The first kappa shape index (κ1) is 19.9. The van der Waals surface area contributed by atoms with E-state index in [1.165, 1.54) is 10.6 Å². The highest BCUT2D eigenvalue weighted by atomic mass is 127. The number of rotatable bonds is 5. The third-order valence-corrected chi connectivity index (χ3v) is 5.40. The molecule has 1 atom stereocenters. The number of ether oxygens (including phenoxy) is 1. The van der Waals surface area contributed by atoms with Crippen LogP contribution in [0, 0.1) is 5.92 Å². The van der Waals surface area contributed by atoms with E-state index in [2.05, 4.69) is 10.3 Å². The fourth-order valence-electron chi connectivity index (χ4n) is 2.73. The van der Waals surface area contributed by atoms with Crippen LogP contribution >= 0.6 is 24.0 Å². The monoisotopic (exact) mass is 446 g/mol. The minimum atomic E-state index is -3.05. The first-order valence-corrected chi connectivity index (χ1v) is 9.40. The van der Waals surface area contributed by atoms with Crippen LogP contribution in [0.5, 0.6) is 0 Å². The molecule has 0 aliphatic carbocycles. The van der Waals surface area contributed by atoms with Crippen LogP contribution in [0.1, 0.15) is 25.7 Å². The molecule has 0 bridgehead atoms. The quantitative estimate of drug-likeness (QED) is 0.361. The summed E-state index contributed by atoms with van der Waals surface area (Å²) in [7, 11) is -3.05. The summed E-state index contributed by atoms with van der Waals surface area (Å²) in [5.41, 5.74) is 5.84. The summed E-state index contributed by atoms with van der Waals surface area (Å²) in [6, 6.07) is 0. The van der Waals surface area contributed by atoms with Crippen LogP contribution in [0.25, 0.3) is 0 Å². The van der Waals surface area contributed by atoms with Crippen molar-refractivity contribution in [1.29, 1.82) is 0 Å². The van der Waals surface area contributed by atoms with Crippen molar-refractivity contribution in [3.05, 3.63) is 0 Å². The van der Waals surface area contributed by atoms with Gasteiger partial charge in [0.2, 0.25) is 10.0 Å². The minimum absolute atomic E-state index is 0. The number of hydrogen-bond donors (Lipinski definition) is 2. The highest BCUT2D eigenvalue weighted by Gasteiger charge is 2.24. The molecule has 2 aliphatic heterocycles. The lowest BCUT2D eigenvalue weighted by Crippen LogP contribution is -2.39. The first-order chi connectivity index (χ1) is 9.95.